The highest BCUT2D eigenvalue weighted by Crippen LogP contribution is 1.98. The van der Waals surface area contributed by atoms with Crippen molar-refractivity contribution in [3.63, 3.8) is 0 Å². The smallest absolute Gasteiger partial charge is 0.265 e. The van der Waals surface area contributed by atoms with Gasteiger partial charge in [0.05, 0.1) is 13.3 Å². The number of hydrogen-bond donors (Lipinski definition) is 4. The van der Waals surface area contributed by atoms with E-state index in [1.54, 1.807) is 24.1 Å². The first-order valence-electron chi connectivity index (χ1n) is 5.91. The molecule has 2 rings (SSSR count). The highest BCUT2D eigenvalue weighted by Gasteiger charge is 2.12. The summed E-state index contributed by atoms with van der Waals surface area (Å²) in [4.78, 5) is 11.7. The average Bonchev–Trinajstić information content (AvgIpc) is 2.42. The Morgan fingerprint density at radius 2 is 1.89 bits per heavy atom. The number of aliphatic hydroxyl groups excluding tert-OH is 1. The van der Waals surface area contributed by atoms with Crippen molar-refractivity contribution >= 4 is 5.91 Å². The molecule has 0 unspecified atom stereocenters. The number of hydrazine groups is 1. The van der Waals surface area contributed by atoms with Gasteiger partial charge in [0.25, 0.3) is 5.91 Å². The predicted octanol–water partition coefficient (Wildman–Crippen LogP) is -0.303. The number of carbonyl (C=O) groups excluding carboxylic acids is 1. The Morgan fingerprint density at radius 1 is 1.33 bits per heavy atom. The van der Waals surface area contributed by atoms with Crippen molar-refractivity contribution in [3.8, 4) is 0 Å². The van der Waals surface area contributed by atoms with Gasteiger partial charge >= 0.3 is 0 Å². The Labute approximate surface area is 107 Å². The molecule has 0 saturated carbocycles. The number of amides is 1. The molecule has 6 heteroatoms. The van der Waals surface area contributed by atoms with Gasteiger partial charge in [-0.15, -0.1) is 0 Å². The highest BCUT2D eigenvalue weighted by atomic mass is 16.2. The van der Waals surface area contributed by atoms with E-state index in [4.69, 9.17) is 5.11 Å². The van der Waals surface area contributed by atoms with Crippen molar-refractivity contribution in [2.75, 3.05) is 26.6 Å². The number of aliphatic hydroxyl groups is 1. The summed E-state index contributed by atoms with van der Waals surface area (Å²) in [7, 11) is 0. The largest absolute Gasteiger partial charge is 0.397 e. The molecule has 0 spiro atoms. The van der Waals surface area contributed by atoms with E-state index < -0.39 is 0 Å². The third kappa shape index (κ3) is 5.24. The second kappa shape index (κ2) is 8.60. The zero-order valence-corrected chi connectivity index (χ0v) is 10.5. The van der Waals surface area contributed by atoms with E-state index in [2.05, 4.69) is 16.1 Å². The zero-order chi connectivity index (χ0) is 13.2. The molecule has 1 fully saturated rings. The Balaban J connectivity index is 0.000000492. The number of carbonyl (C=O) groups is 1. The van der Waals surface area contributed by atoms with Gasteiger partial charge in [-0.2, -0.15) is 5.01 Å². The molecule has 1 aliphatic rings. The maximum atomic E-state index is 11.7. The molecule has 1 aromatic rings. The molecular weight excluding hydrogens is 232 g/mol. The third-order valence-electron chi connectivity index (χ3n) is 2.15. The lowest BCUT2D eigenvalue weighted by atomic mass is 10.2. The average molecular weight is 252 g/mol. The van der Waals surface area contributed by atoms with Gasteiger partial charge in [0.15, 0.2) is 0 Å². The van der Waals surface area contributed by atoms with Crippen LogP contribution in [-0.2, 0) is 0 Å². The minimum Gasteiger partial charge on any atom is -0.397 e. The summed E-state index contributed by atoms with van der Waals surface area (Å²) in [6, 6.07) is 9.17. The maximum absolute atomic E-state index is 11.7. The summed E-state index contributed by atoms with van der Waals surface area (Å²) < 4.78 is 0. The minimum atomic E-state index is -0.0823. The quantitative estimate of drug-likeness (QED) is 0.581. The van der Waals surface area contributed by atoms with Crippen molar-refractivity contribution < 1.29 is 9.90 Å². The molecule has 0 radical (unpaired) electrons. The zero-order valence-electron chi connectivity index (χ0n) is 10.5. The van der Waals surface area contributed by atoms with E-state index >= 15 is 0 Å². The number of hydrogen-bond acceptors (Lipinski definition) is 5. The Hall–Kier alpha value is -1.47. The summed E-state index contributed by atoms with van der Waals surface area (Å²) in [5.41, 5.74) is 3.47. The van der Waals surface area contributed by atoms with E-state index in [0.29, 0.717) is 18.9 Å². The van der Waals surface area contributed by atoms with Crippen LogP contribution in [0.15, 0.2) is 30.3 Å². The first-order valence-corrected chi connectivity index (χ1v) is 5.91. The molecular formula is C12H20N4O2. The van der Waals surface area contributed by atoms with Gasteiger partial charge in [0.2, 0.25) is 0 Å². The van der Waals surface area contributed by atoms with Gasteiger partial charge in [-0.3, -0.25) is 20.9 Å². The molecule has 1 aromatic carbocycles. The summed E-state index contributed by atoms with van der Waals surface area (Å²) in [6.45, 7) is 4.02. The molecule has 4 N–H and O–H groups in total. The Kier molecular flexibility index (Phi) is 6.97. The second-order valence-corrected chi connectivity index (χ2v) is 3.66. The van der Waals surface area contributed by atoms with Gasteiger partial charge in [0, 0.05) is 18.8 Å². The van der Waals surface area contributed by atoms with E-state index in [9.17, 15) is 4.79 Å². The SMILES string of the molecule is CCO.O=C(NN1CNCNC1)c1ccccc1. The Morgan fingerprint density at radius 3 is 2.44 bits per heavy atom. The van der Waals surface area contributed by atoms with Crippen LogP contribution in [0, 0.1) is 0 Å². The molecule has 0 aromatic heterocycles. The summed E-state index contributed by atoms with van der Waals surface area (Å²) in [5.74, 6) is -0.0823. The summed E-state index contributed by atoms with van der Waals surface area (Å²) in [6.07, 6.45) is 0. The van der Waals surface area contributed by atoms with Crippen LogP contribution in [0.25, 0.3) is 0 Å². The first kappa shape index (κ1) is 14.6. The lowest BCUT2D eigenvalue weighted by molar-refractivity contribution is 0.0698. The molecule has 1 amide bonds. The van der Waals surface area contributed by atoms with Crippen LogP contribution in [-0.4, -0.2) is 42.6 Å². The number of benzene rings is 1. The fourth-order valence-corrected chi connectivity index (χ4v) is 1.40. The monoisotopic (exact) mass is 252 g/mol. The van der Waals surface area contributed by atoms with Crippen molar-refractivity contribution in [3.05, 3.63) is 35.9 Å². The van der Waals surface area contributed by atoms with Crippen LogP contribution in [0.1, 0.15) is 17.3 Å². The molecule has 1 saturated heterocycles. The van der Waals surface area contributed by atoms with Crippen molar-refractivity contribution in [2.45, 2.75) is 6.92 Å². The fourth-order valence-electron chi connectivity index (χ4n) is 1.40. The molecule has 0 atom stereocenters. The topological polar surface area (TPSA) is 76.6 Å². The second-order valence-electron chi connectivity index (χ2n) is 3.66. The maximum Gasteiger partial charge on any atom is 0.265 e. The van der Waals surface area contributed by atoms with Crippen LogP contribution in [0.4, 0.5) is 0 Å². The predicted molar refractivity (Wildman–Crippen MR) is 69.4 cm³/mol. The molecule has 1 aliphatic heterocycles. The van der Waals surface area contributed by atoms with Crippen LogP contribution in [0.5, 0.6) is 0 Å². The fraction of sp³-hybridized carbons (Fsp3) is 0.417. The first-order chi connectivity index (χ1) is 8.77. The van der Waals surface area contributed by atoms with Gasteiger partial charge in [-0.1, -0.05) is 18.2 Å². The highest BCUT2D eigenvalue weighted by molar-refractivity contribution is 5.93. The van der Waals surface area contributed by atoms with Gasteiger partial charge in [-0.05, 0) is 19.1 Å². The minimum absolute atomic E-state index is 0.0823. The molecule has 100 valence electrons. The molecule has 0 aliphatic carbocycles. The van der Waals surface area contributed by atoms with E-state index in [0.717, 1.165) is 6.67 Å². The summed E-state index contributed by atoms with van der Waals surface area (Å²) in [5, 5.41) is 15.5. The Bertz CT molecular complexity index is 339. The summed E-state index contributed by atoms with van der Waals surface area (Å²) >= 11 is 0. The number of rotatable bonds is 2. The molecule has 6 nitrogen and oxygen atoms in total. The van der Waals surface area contributed by atoms with Gasteiger partial charge < -0.3 is 5.11 Å². The van der Waals surface area contributed by atoms with Crippen LogP contribution < -0.4 is 16.1 Å². The molecule has 18 heavy (non-hydrogen) atoms. The van der Waals surface area contributed by atoms with Crippen LogP contribution >= 0.6 is 0 Å². The van der Waals surface area contributed by atoms with Crippen molar-refractivity contribution in [1.82, 2.24) is 21.1 Å². The van der Waals surface area contributed by atoms with Crippen LogP contribution in [0.3, 0.4) is 0 Å². The number of nitrogens with zero attached hydrogens (tertiary/aromatic N) is 1. The van der Waals surface area contributed by atoms with Crippen molar-refractivity contribution in [2.24, 2.45) is 0 Å². The van der Waals surface area contributed by atoms with E-state index in [1.807, 2.05) is 18.2 Å². The lowest BCUT2D eigenvalue weighted by Crippen LogP contribution is -2.57. The lowest BCUT2D eigenvalue weighted by Gasteiger charge is -2.28. The standard InChI is InChI=1S/C10H14N4O.C2H6O/c15-10(9-4-2-1-3-5-9)13-14-7-11-6-12-8-14;1-2-3/h1-5,11-12H,6-8H2,(H,13,15);3H,2H2,1H3. The van der Waals surface area contributed by atoms with Crippen LogP contribution in [0.2, 0.25) is 0 Å². The molecule has 0 bridgehead atoms. The van der Waals surface area contributed by atoms with Gasteiger partial charge in [-0.25, -0.2) is 0 Å². The van der Waals surface area contributed by atoms with Crippen molar-refractivity contribution in [1.29, 1.82) is 0 Å². The third-order valence-corrected chi connectivity index (χ3v) is 2.15. The number of nitrogens with one attached hydrogen (secondary N) is 3. The normalized spacial score (nSPS) is 15.4. The molecule has 1 heterocycles. The van der Waals surface area contributed by atoms with E-state index in [-0.39, 0.29) is 12.5 Å². The van der Waals surface area contributed by atoms with E-state index in [1.165, 1.54) is 0 Å². The van der Waals surface area contributed by atoms with Gasteiger partial charge in [0.1, 0.15) is 0 Å².